The molecule has 7 nitrogen and oxygen atoms in total. The Labute approximate surface area is 217 Å². The fraction of sp³-hybridized carbons (Fsp3) is 0.680. The number of carbonyl (C=O) groups excluding carboxylic acids is 1. The zero-order valence-corrected chi connectivity index (χ0v) is 22.5. The molecule has 0 aliphatic carbocycles. The van der Waals surface area contributed by atoms with Gasteiger partial charge in [-0.2, -0.15) is 0 Å². The number of halogens is 1. The third-order valence-electron chi connectivity index (χ3n) is 6.72. The molecule has 2 aliphatic rings. The standard InChI is InChI=1S/C25H42N6O.HI/c1-2-27-25(29-23-12-18-31(19-13-23)24(26)32)28-14-6-7-15-30-16-10-22(11-17-30)20-21-8-4-3-5-9-21;/h3-5,8-9,22-23H,2,6-7,10-20H2,1H3,(H2,26,32)(H2,27,28,29);1H. The van der Waals surface area contributed by atoms with Gasteiger partial charge in [0.15, 0.2) is 5.96 Å². The summed E-state index contributed by atoms with van der Waals surface area (Å²) in [6.07, 6.45) is 7.99. The zero-order chi connectivity index (χ0) is 22.6. The van der Waals surface area contributed by atoms with E-state index in [0.717, 1.165) is 44.2 Å². The van der Waals surface area contributed by atoms with Crippen LogP contribution in [0.3, 0.4) is 0 Å². The Morgan fingerprint density at radius 3 is 2.39 bits per heavy atom. The van der Waals surface area contributed by atoms with E-state index in [1.165, 1.54) is 50.9 Å². The lowest BCUT2D eigenvalue weighted by Gasteiger charge is -2.32. The molecule has 2 fully saturated rings. The SMILES string of the molecule is CCNC(=NCCCCN1CCC(Cc2ccccc2)CC1)NC1CCN(C(N)=O)CC1.I. The largest absolute Gasteiger partial charge is 0.357 e. The van der Waals surface area contributed by atoms with Crippen molar-refractivity contribution >= 4 is 36.0 Å². The average Bonchev–Trinajstić information content (AvgIpc) is 2.81. The summed E-state index contributed by atoms with van der Waals surface area (Å²) in [6.45, 7) is 8.87. The van der Waals surface area contributed by atoms with Crippen LogP contribution < -0.4 is 16.4 Å². The summed E-state index contributed by atoms with van der Waals surface area (Å²) in [5.74, 6) is 1.73. The molecule has 4 N–H and O–H groups in total. The molecule has 0 bridgehead atoms. The number of hydrogen-bond donors (Lipinski definition) is 3. The fourth-order valence-corrected chi connectivity index (χ4v) is 4.76. The third-order valence-corrected chi connectivity index (χ3v) is 6.72. The van der Waals surface area contributed by atoms with E-state index in [1.807, 2.05) is 0 Å². The van der Waals surface area contributed by atoms with Crippen molar-refractivity contribution < 1.29 is 4.79 Å². The Hall–Kier alpha value is -1.55. The highest BCUT2D eigenvalue weighted by atomic mass is 127. The van der Waals surface area contributed by atoms with Crippen LogP contribution in [-0.2, 0) is 6.42 Å². The molecule has 3 rings (SSSR count). The van der Waals surface area contributed by atoms with E-state index in [2.05, 4.69) is 52.8 Å². The average molecular weight is 571 g/mol. The Balaban J connectivity index is 0.00000385. The molecule has 1 aromatic rings. The summed E-state index contributed by atoms with van der Waals surface area (Å²) in [5.41, 5.74) is 6.85. The number of rotatable bonds is 9. The zero-order valence-electron chi connectivity index (χ0n) is 20.2. The Morgan fingerprint density at radius 2 is 1.76 bits per heavy atom. The topological polar surface area (TPSA) is 86.0 Å². The minimum Gasteiger partial charge on any atom is -0.357 e. The van der Waals surface area contributed by atoms with Crippen LogP contribution in [-0.4, -0.2) is 73.6 Å². The number of guanidine groups is 1. The fourth-order valence-electron chi connectivity index (χ4n) is 4.76. The van der Waals surface area contributed by atoms with Gasteiger partial charge in [0.1, 0.15) is 0 Å². The first-order valence-electron chi connectivity index (χ1n) is 12.5. The van der Waals surface area contributed by atoms with Crippen molar-refractivity contribution in [2.24, 2.45) is 16.6 Å². The van der Waals surface area contributed by atoms with E-state index in [1.54, 1.807) is 4.90 Å². The molecule has 0 atom stereocenters. The second-order valence-electron chi connectivity index (χ2n) is 9.19. The van der Waals surface area contributed by atoms with Gasteiger partial charge in [0, 0.05) is 32.2 Å². The highest BCUT2D eigenvalue weighted by Gasteiger charge is 2.22. The molecule has 33 heavy (non-hydrogen) atoms. The first-order valence-corrected chi connectivity index (χ1v) is 12.5. The summed E-state index contributed by atoms with van der Waals surface area (Å²) in [6, 6.07) is 10.9. The minimum atomic E-state index is -0.315. The molecule has 0 aromatic heterocycles. The number of urea groups is 1. The molecule has 2 heterocycles. The van der Waals surface area contributed by atoms with E-state index in [0.29, 0.717) is 19.1 Å². The van der Waals surface area contributed by atoms with Gasteiger partial charge in [0.25, 0.3) is 0 Å². The minimum absolute atomic E-state index is 0. The number of nitrogens with two attached hydrogens (primary N) is 1. The lowest BCUT2D eigenvalue weighted by molar-refractivity contribution is 0.181. The maximum atomic E-state index is 11.3. The van der Waals surface area contributed by atoms with Crippen LogP contribution in [0.15, 0.2) is 35.3 Å². The van der Waals surface area contributed by atoms with Gasteiger partial charge < -0.3 is 26.2 Å². The van der Waals surface area contributed by atoms with Crippen LogP contribution in [0.5, 0.6) is 0 Å². The molecule has 186 valence electrons. The predicted molar refractivity (Wildman–Crippen MR) is 147 cm³/mol. The number of amides is 2. The molecule has 0 radical (unpaired) electrons. The summed E-state index contributed by atoms with van der Waals surface area (Å²) >= 11 is 0. The molecule has 0 saturated carbocycles. The summed E-state index contributed by atoms with van der Waals surface area (Å²) in [5, 5.41) is 6.88. The van der Waals surface area contributed by atoms with Gasteiger partial charge in [-0.05, 0) is 83.0 Å². The smallest absolute Gasteiger partial charge is 0.314 e. The van der Waals surface area contributed by atoms with Crippen molar-refractivity contribution in [3.8, 4) is 0 Å². The molecule has 2 aliphatic heterocycles. The van der Waals surface area contributed by atoms with E-state index >= 15 is 0 Å². The van der Waals surface area contributed by atoms with Crippen LogP contribution in [0.2, 0.25) is 0 Å². The van der Waals surface area contributed by atoms with Crippen LogP contribution in [0.25, 0.3) is 0 Å². The molecule has 2 amide bonds. The number of nitrogens with one attached hydrogen (secondary N) is 2. The van der Waals surface area contributed by atoms with E-state index in [9.17, 15) is 4.79 Å². The van der Waals surface area contributed by atoms with Gasteiger partial charge in [0.05, 0.1) is 0 Å². The summed E-state index contributed by atoms with van der Waals surface area (Å²) < 4.78 is 0. The van der Waals surface area contributed by atoms with Crippen LogP contribution in [0.1, 0.15) is 51.0 Å². The number of carbonyl (C=O) groups is 1. The van der Waals surface area contributed by atoms with Gasteiger partial charge >= 0.3 is 6.03 Å². The number of benzene rings is 1. The lowest BCUT2D eigenvalue weighted by atomic mass is 9.90. The van der Waals surface area contributed by atoms with Gasteiger partial charge in [-0.3, -0.25) is 4.99 Å². The number of hydrogen-bond acceptors (Lipinski definition) is 3. The number of unbranched alkanes of at least 4 members (excludes halogenated alkanes) is 1. The molecule has 1 aromatic carbocycles. The Kier molecular flexibility index (Phi) is 12.9. The number of piperidine rings is 2. The van der Waals surface area contributed by atoms with Crippen molar-refractivity contribution in [2.75, 3.05) is 45.8 Å². The van der Waals surface area contributed by atoms with Gasteiger partial charge in [-0.1, -0.05) is 30.3 Å². The quantitative estimate of drug-likeness (QED) is 0.184. The Morgan fingerprint density at radius 1 is 1.06 bits per heavy atom. The number of aliphatic imine (C=N–C) groups is 1. The number of primary amides is 1. The van der Waals surface area contributed by atoms with Crippen molar-refractivity contribution in [3.05, 3.63) is 35.9 Å². The maximum absolute atomic E-state index is 11.3. The lowest BCUT2D eigenvalue weighted by Crippen LogP contribution is -2.50. The molecule has 0 spiro atoms. The van der Waals surface area contributed by atoms with E-state index in [-0.39, 0.29) is 30.0 Å². The van der Waals surface area contributed by atoms with Crippen LogP contribution >= 0.6 is 24.0 Å². The highest BCUT2D eigenvalue weighted by Crippen LogP contribution is 2.21. The van der Waals surface area contributed by atoms with Crippen LogP contribution in [0.4, 0.5) is 4.79 Å². The molecular weight excluding hydrogens is 527 g/mol. The van der Waals surface area contributed by atoms with E-state index < -0.39 is 0 Å². The first kappa shape index (κ1) is 27.7. The molecular formula is C25H43IN6O. The van der Waals surface area contributed by atoms with Crippen molar-refractivity contribution in [3.63, 3.8) is 0 Å². The van der Waals surface area contributed by atoms with E-state index in [4.69, 9.17) is 10.7 Å². The van der Waals surface area contributed by atoms with Gasteiger partial charge in [-0.25, -0.2) is 4.79 Å². The van der Waals surface area contributed by atoms with Crippen molar-refractivity contribution in [2.45, 2.75) is 57.9 Å². The first-order chi connectivity index (χ1) is 15.6. The normalized spacial score (nSPS) is 18.6. The van der Waals surface area contributed by atoms with Crippen molar-refractivity contribution in [1.29, 1.82) is 0 Å². The summed E-state index contributed by atoms with van der Waals surface area (Å²) in [4.78, 5) is 20.4. The van der Waals surface area contributed by atoms with Gasteiger partial charge in [-0.15, -0.1) is 24.0 Å². The molecule has 0 unspecified atom stereocenters. The number of likely N-dealkylation sites (tertiary alicyclic amines) is 2. The summed E-state index contributed by atoms with van der Waals surface area (Å²) in [7, 11) is 0. The second kappa shape index (κ2) is 15.4. The highest BCUT2D eigenvalue weighted by molar-refractivity contribution is 14.0. The van der Waals surface area contributed by atoms with Crippen molar-refractivity contribution in [1.82, 2.24) is 20.4 Å². The molecule has 2 saturated heterocycles. The van der Waals surface area contributed by atoms with Gasteiger partial charge in [0.2, 0.25) is 0 Å². The Bertz CT molecular complexity index is 700. The molecule has 8 heteroatoms. The second-order valence-corrected chi connectivity index (χ2v) is 9.19. The number of nitrogens with zero attached hydrogens (tertiary/aromatic N) is 3. The third kappa shape index (κ3) is 10.1. The van der Waals surface area contributed by atoms with Crippen LogP contribution in [0, 0.1) is 5.92 Å². The monoisotopic (exact) mass is 570 g/mol. The predicted octanol–water partition coefficient (Wildman–Crippen LogP) is 3.44. The maximum Gasteiger partial charge on any atom is 0.314 e.